The van der Waals surface area contributed by atoms with Gasteiger partial charge in [-0.25, -0.2) is 9.37 Å². The smallest absolute Gasteiger partial charge is 0.290 e. The van der Waals surface area contributed by atoms with Crippen LogP contribution in [0.3, 0.4) is 0 Å². The molecule has 0 saturated carbocycles. The van der Waals surface area contributed by atoms with Gasteiger partial charge in [0.15, 0.2) is 0 Å². The summed E-state index contributed by atoms with van der Waals surface area (Å²) in [5.74, 6) is 4.28. The van der Waals surface area contributed by atoms with E-state index in [2.05, 4.69) is 45.1 Å². The fourth-order valence-electron chi connectivity index (χ4n) is 6.79. The molecule has 268 valence electrons. The highest BCUT2D eigenvalue weighted by atomic mass is 19.1. The molecule has 3 amide bonds. The topological polar surface area (TPSA) is 142 Å². The Morgan fingerprint density at radius 3 is 2.77 bits per heavy atom. The van der Waals surface area contributed by atoms with Gasteiger partial charge in [0.1, 0.15) is 11.6 Å². The third-order valence-corrected chi connectivity index (χ3v) is 9.54. The summed E-state index contributed by atoms with van der Waals surface area (Å²) in [5, 5.41) is 11.7. The number of rotatable bonds is 13. The molecule has 0 radical (unpaired) electrons. The van der Waals surface area contributed by atoms with Gasteiger partial charge in [0.05, 0.1) is 22.3 Å². The van der Waals surface area contributed by atoms with E-state index in [-0.39, 0.29) is 18.6 Å². The van der Waals surface area contributed by atoms with E-state index in [0.717, 1.165) is 59.7 Å². The van der Waals surface area contributed by atoms with Crippen LogP contribution in [0.2, 0.25) is 0 Å². The first-order chi connectivity index (χ1) is 25.2. The number of anilines is 1. The number of unbranched alkanes of at least 4 members (excludes halogenated alkanes) is 3. The minimum Gasteiger partial charge on any atom is -0.357 e. The molecule has 11 nitrogen and oxygen atoms in total. The van der Waals surface area contributed by atoms with E-state index >= 15 is 0 Å². The first-order valence-corrected chi connectivity index (χ1v) is 17.7. The normalized spacial score (nSPS) is 14.3. The van der Waals surface area contributed by atoms with Crippen molar-refractivity contribution in [3.8, 4) is 11.8 Å². The lowest BCUT2D eigenvalue weighted by Gasteiger charge is -2.17. The van der Waals surface area contributed by atoms with E-state index in [1.54, 1.807) is 24.4 Å². The van der Waals surface area contributed by atoms with E-state index < -0.39 is 17.6 Å². The second kappa shape index (κ2) is 16.6. The van der Waals surface area contributed by atoms with Crippen molar-refractivity contribution < 1.29 is 23.6 Å². The minimum atomic E-state index is -0.990. The van der Waals surface area contributed by atoms with E-state index in [4.69, 9.17) is 5.10 Å². The molecule has 3 aromatic heterocycles. The number of aryl methyl sites for hydroxylation is 3. The van der Waals surface area contributed by atoms with Crippen molar-refractivity contribution in [3.05, 3.63) is 88.6 Å². The van der Waals surface area contributed by atoms with Gasteiger partial charge >= 0.3 is 0 Å². The molecular weight excluding hydrogens is 661 g/mol. The zero-order chi connectivity index (χ0) is 36.6. The van der Waals surface area contributed by atoms with E-state index in [1.165, 1.54) is 12.1 Å². The Labute approximate surface area is 301 Å². The maximum Gasteiger partial charge on any atom is 0.290 e. The summed E-state index contributed by atoms with van der Waals surface area (Å²) < 4.78 is 16.9. The van der Waals surface area contributed by atoms with Crippen LogP contribution in [-0.2, 0) is 27.3 Å². The van der Waals surface area contributed by atoms with E-state index in [1.807, 2.05) is 41.2 Å². The largest absolute Gasteiger partial charge is 0.357 e. The van der Waals surface area contributed by atoms with Gasteiger partial charge in [-0.2, -0.15) is 5.10 Å². The molecule has 2 aromatic carbocycles. The molecule has 1 fully saturated rings. The number of hydrogen-bond acceptors (Lipinski definition) is 7. The third kappa shape index (κ3) is 8.61. The predicted octanol–water partition coefficient (Wildman–Crippen LogP) is 6.16. The molecule has 1 aliphatic heterocycles. The maximum atomic E-state index is 15.0. The van der Waals surface area contributed by atoms with Crippen LogP contribution in [0.1, 0.15) is 90.3 Å². The Balaban J connectivity index is 0.994. The number of aromatic nitrogens is 4. The number of hydrogen-bond donors (Lipinski definition) is 3. The number of imide groups is 1. The standard InChI is InChI=1S/C40H42FN7O4/c1-26-31-18-17-29(40(52)44-36-23-32-30(24-42-36)21-33(43-32)34-15-10-19-47(34)2)22-35(31)48(46-26)20-7-5-3-4-6-11-27-12-8-13-28(39(27)41)14-9-16-37(50)45-38(51)25-49/h8,12-13,17-18,21-25,34,43H,3-5,7,9-10,14-16,19-20H2,1-2H3,(H,42,44,52)(H,45,50,51). The van der Waals surface area contributed by atoms with Gasteiger partial charge in [0.2, 0.25) is 12.2 Å². The molecule has 5 aromatic rings. The van der Waals surface area contributed by atoms with Crippen LogP contribution in [-0.4, -0.2) is 62.2 Å². The van der Waals surface area contributed by atoms with Gasteiger partial charge in [-0.15, -0.1) is 0 Å². The Morgan fingerprint density at radius 2 is 1.96 bits per heavy atom. The second-order valence-electron chi connectivity index (χ2n) is 13.3. The first kappa shape index (κ1) is 36.1. The average molecular weight is 704 g/mol. The highest BCUT2D eigenvalue weighted by Gasteiger charge is 2.24. The number of H-pyrrole nitrogens is 1. The summed E-state index contributed by atoms with van der Waals surface area (Å²) in [6.45, 7) is 3.74. The van der Waals surface area contributed by atoms with Gasteiger partial charge in [-0.1, -0.05) is 36.5 Å². The molecule has 1 aliphatic rings. The Kier molecular flexibility index (Phi) is 11.5. The zero-order valence-corrected chi connectivity index (χ0v) is 29.4. The number of amides is 3. The maximum absolute atomic E-state index is 15.0. The molecule has 1 unspecified atom stereocenters. The van der Waals surface area contributed by atoms with Gasteiger partial charge < -0.3 is 10.3 Å². The van der Waals surface area contributed by atoms with Crippen molar-refractivity contribution in [2.24, 2.45) is 0 Å². The molecular formula is C40H42FN7O4. The number of halogens is 1. The number of carbonyl (C=O) groups excluding carboxylic acids is 4. The Bertz CT molecular complexity index is 2190. The molecule has 6 rings (SSSR count). The molecule has 52 heavy (non-hydrogen) atoms. The first-order valence-electron chi connectivity index (χ1n) is 17.7. The quantitative estimate of drug-likeness (QED) is 0.0578. The summed E-state index contributed by atoms with van der Waals surface area (Å²) >= 11 is 0. The molecule has 4 heterocycles. The lowest BCUT2D eigenvalue weighted by atomic mass is 10.0. The summed E-state index contributed by atoms with van der Waals surface area (Å²) in [6, 6.07) is 15.0. The highest BCUT2D eigenvalue weighted by Crippen LogP contribution is 2.32. The van der Waals surface area contributed by atoms with Crippen LogP contribution < -0.4 is 10.6 Å². The number of nitrogens with one attached hydrogen (secondary N) is 3. The van der Waals surface area contributed by atoms with Crippen LogP contribution in [0.15, 0.2) is 54.7 Å². The van der Waals surface area contributed by atoms with Gasteiger partial charge in [0.25, 0.3) is 11.8 Å². The molecule has 0 aliphatic carbocycles. The highest BCUT2D eigenvalue weighted by molar-refractivity contribution is 6.27. The summed E-state index contributed by atoms with van der Waals surface area (Å²) in [6.07, 6.45) is 7.98. The second-order valence-corrected chi connectivity index (χ2v) is 13.3. The Morgan fingerprint density at radius 1 is 1.10 bits per heavy atom. The number of pyridine rings is 1. The zero-order valence-electron chi connectivity index (χ0n) is 29.4. The minimum absolute atomic E-state index is 0.00236. The monoisotopic (exact) mass is 703 g/mol. The van der Waals surface area contributed by atoms with Gasteiger partial charge in [-0.05, 0) is 88.9 Å². The molecule has 12 heteroatoms. The van der Waals surface area contributed by atoms with Crippen LogP contribution in [0.25, 0.3) is 21.8 Å². The fraction of sp³-hybridized carbons (Fsp3) is 0.350. The molecule has 3 N–H and O–H groups in total. The van der Waals surface area contributed by atoms with E-state index in [0.29, 0.717) is 54.4 Å². The number of carbonyl (C=O) groups is 4. The number of fused-ring (bicyclic) bond motifs is 2. The molecule has 1 atom stereocenters. The van der Waals surface area contributed by atoms with Crippen LogP contribution >= 0.6 is 0 Å². The number of nitrogens with zero attached hydrogens (tertiary/aromatic N) is 4. The number of aromatic amines is 1. The summed E-state index contributed by atoms with van der Waals surface area (Å²) in [5.41, 5.74) is 5.19. The van der Waals surface area contributed by atoms with Crippen LogP contribution in [0.4, 0.5) is 10.2 Å². The number of likely N-dealkylation sites (tertiary alicyclic amines) is 1. The lowest BCUT2D eigenvalue weighted by Crippen LogP contribution is -2.30. The number of aldehydes is 1. The lowest BCUT2D eigenvalue weighted by molar-refractivity contribution is -0.136. The summed E-state index contributed by atoms with van der Waals surface area (Å²) in [7, 11) is 2.14. The fourth-order valence-corrected chi connectivity index (χ4v) is 6.79. The van der Waals surface area contributed by atoms with Crippen molar-refractivity contribution in [1.29, 1.82) is 0 Å². The molecule has 1 saturated heterocycles. The van der Waals surface area contributed by atoms with Crippen molar-refractivity contribution in [2.45, 2.75) is 77.3 Å². The van der Waals surface area contributed by atoms with Crippen molar-refractivity contribution in [1.82, 2.24) is 30.0 Å². The Hall–Kier alpha value is -5.67. The van der Waals surface area contributed by atoms with Crippen LogP contribution in [0, 0.1) is 24.6 Å². The molecule has 0 spiro atoms. The molecule has 0 bridgehead atoms. The van der Waals surface area contributed by atoms with Gasteiger partial charge in [-0.3, -0.25) is 34.1 Å². The number of benzene rings is 2. The predicted molar refractivity (Wildman–Crippen MR) is 197 cm³/mol. The average Bonchev–Trinajstić information content (AvgIpc) is 3.84. The third-order valence-electron chi connectivity index (χ3n) is 9.54. The van der Waals surface area contributed by atoms with Crippen molar-refractivity contribution in [3.63, 3.8) is 0 Å². The van der Waals surface area contributed by atoms with E-state index in [9.17, 15) is 23.6 Å². The SMILES string of the molecule is Cc1nn(CCCCCC#Cc2cccc(CCCC(=O)NC(=O)C=O)c2F)c2cc(C(=O)Nc3cc4[nH]c(C5CCCN5C)cc4cn3)ccc12. The summed E-state index contributed by atoms with van der Waals surface area (Å²) in [4.78, 5) is 56.7. The van der Waals surface area contributed by atoms with Crippen LogP contribution in [0.5, 0.6) is 0 Å². The van der Waals surface area contributed by atoms with Gasteiger partial charge in [0, 0.05) is 59.7 Å². The van der Waals surface area contributed by atoms with Crippen molar-refractivity contribution >= 4 is 51.6 Å². The van der Waals surface area contributed by atoms with Crippen molar-refractivity contribution in [2.75, 3.05) is 18.9 Å².